The number of unbranched alkanes of at least 4 members (excludes halogenated alkanes) is 33. The molecule has 0 aromatic carbocycles. The molecule has 0 bridgehead atoms. The second-order valence-electron chi connectivity index (χ2n) is 34.9. The van der Waals surface area contributed by atoms with Gasteiger partial charge in [-0.15, -0.1) is 0 Å². The Labute approximate surface area is 740 Å². The fourth-order valence-corrected chi connectivity index (χ4v) is 17.2. The van der Waals surface area contributed by atoms with Crippen molar-refractivity contribution < 1.29 is 178 Å². The van der Waals surface area contributed by atoms with Crippen LogP contribution in [0.4, 0.5) is 0 Å². The van der Waals surface area contributed by atoms with E-state index in [1.165, 1.54) is 161 Å². The SMILES string of the molecule is CCCCCCCCCCCCC/C=C/[C@@H](O)[C@H](CO[C@@H]1OC(CO)[C@@H](O[C@@H]2OC(CO)[C@H](O)[C@H](O[C@H]3OC(CO)[C@H](O)[C@H](O[C@@H]4OC(CO)[C@@H](O[C@@H]5OC(CO)[C@H](O)[C@H](O[C@]6(C(=O)O)CC(O)[C@@H](NC(C)=O)C([C@H](O)[C@H](O)CO)O6)C5O)[C@H](O)C4NC(C)=O)C3O)C2O)[C@H](O)C1O)NC(=O)CCCCCCCCCCCCCCCCCCCCCCCCC. The number of hydrogen-bond acceptors (Lipinski definition) is 35. The van der Waals surface area contributed by atoms with Crippen LogP contribution in [-0.2, 0) is 76.0 Å². The van der Waals surface area contributed by atoms with Crippen LogP contribution in [0.3, 0.4) is 0 Å². The highest BCUT2D eigenvalue weighted by Gasteiger charge is 2.62. The summed E-state index contributed by atoms with van der Waals surface area (Å²) in [6.45, 7) is -0.620. The maximum absolute atomic E-state index is 13.6. The topological polar surface area (TPSA) is 620 Å². The van der Waals surface area contributed by atoms with Crippen LogP contribution < -0.4 is 16.0 Å². The van der Waals surface area contributed by atoms with Gasteiger partial charge in [0.25, 0.3) is 5.79 Å². The first-order chi connectivity index (χ1) is 60.5. The number of ether oxygens (including phenoxy) is 12. The van der Waals surface area contributed by atoms with Crippen molar-refractivity contribution in [1.29, 1.82) is 0 Å². The third-order valence-corrected chi connectivity index (χ3v) is 24.7. The molecule has 6 saturated heterocycles. The van der Waals surface area contributed by atoms with Crippen molar-refractivity contribution in [2.75, 3.05) is 46.2 Å². The Balaban J connectivity index is 1.07. The number of amides is 3. The largest absolute Gasteiger partial charge is 0.477 e. The quantitative estimate of drug-likeness (QED) is 0.0279. The lowest BCUT2D eigenvalue weighted by atomic mass is 9.88. The predicted molar refractivity (Wildman–Crippen MR) is 448 cm³/mol. The van der Waals surface area contributed by atoms with E-state index in [2.05, 4.69) is 29.8 Å². The van der Waals surface area contributed by atoms with E-state index in [1.54, 1.807) is 6.08 Å². The number of nitrogens with one attached hydrogen (secondary N) is 3. The molecule has 0 aromatic rings. The molecular weight excluding hydrogens is 1660 g/mol. The monoisotopic (exact) mass is 1820 g/mol. The zero-order valence-electron chi connectivity index (χ0n) is 74.2. The Kier molecular flexibility index (Phi) is 52.8. The summed E-state index contributed by atoms with van der Waals surface area (Å²) in [5, 5.41) is 231. The van der Waals surface area contributed by atoms with Crippen molar-refractivity contribution in [1.82, 2.24) is 16.0 Å². The molecule has 0 aliphatic carbocycles. The number of carbonyl (C=O) groups excluding carboxylic acids is 3. The number of rotatable bonds is 63. The van der Waals surface area contributed by atoms with Crippen LogP contribution in [0.2, 0.25) is 0 Å². The second-order valence-corrected chi connectivity index (χ2v) is 34.9. The minimum atomic E-state index is -3.22. The number of aliphatic hydroxyl groups is 19. The molecule has 6 fully saturated rings. The summed E-state index contributed by atoms with van der Waals surface area (Å²) in [6.07, 6.45) is -15.1. The van der Waals surface area contributed by atoms with Crippen molar-refractivity contribution >= 4 is 23.7 Å². The van der Waals surface area contributed by atoms with Crippen LogP contribution in [0.15, 0.2) is 12.2 Å². The Morgan fingerprint density at radius 3 is 1.17 bits per heavy atom. The van der Waals surface area contributed by atoms with Crippen molar-refractivity contribution in [2.45, 2.75) is 467 Å². The Morgan fingerprint density at radius 2 is 0.770 bits per heavy atom. The molecule has 12 unspecified atom stereocenters. The van der Waals surface area contributed by atoms with E-state index in [-0.39, 0.29) is 12.3 Å². The second kappa shape index (κ2) is 59.9. The number of carboxylic acids is 1. The summed E-state index contributed by atoms with van der Waals surface area (Å²) < 4.78 is 70.6. The van der Waals surface area contributed by atoms with Crippen molar-refractivity contribution in [2.24, 2.45) is 0 Å². The van der Waals surface area contributed by atoms with E-state index >= 15 is 0 Å². The normalized spacial score (nSPS) is 34.9. The van der Waals surface area contributed by atoms with Crippen LogP contribution >= 0.6 is 0 Å². The maximum Gasteiger partial charge on any atom is 0.364 e. The van der Waals surface area contributed by atoms with Gasteiger partial charge in [0, 0.05) is 26.7 Å². The molecule has 6 aliphatic heterocycles. The molecule has 0 spiro atoms. The Bertz CT molecular complexity index is 2980. The molecule has 0 saturated carbocycles. The molecule has 6 rings (SSSR count). The lowest BCUT2D eigenvalue weighted by Crippen LogP contribution is -2.71. The number of carbonyl (C=O) groups is 4. The van der Waals surface area contributed by atoms with E-state index in [0.717, 1.165) is 65.2 Å². The van der Waals surface area contributed by atoms with Gasteiger partial charge in [0.1, 0.15) is 140 Å². The van der Waals surface area contributed by atoms with Crippen LogP contribution in [0, 0.1) is 0 Å². The molecule has 33 atom stereocenters. The van der Waals surface area contributed by atoms with Gasteiger partial charge in [-0.1, -0.05) is 231 Å². The van der Waals surface area contributed by atoms with Crippen molar-refractivity contribution in [3.63, 3.8) is 0 Å². The van der Waals surface area contributed by atoms with E-state index in [0.29, 0.717) is 12.8 Å². The highest BCUT2D eigenvalue weighted by molar-refractivity contribution is 5.77. The third kappa shape index (κ3) is 34.7. The van der Waals surface area contributed by atoms with Crippen LogP contribution in [-0.4, -0.2) is 374 Å². The van der Waals surface area contributed by atoms with Gasteiger partial charge in [-0.2, -0.15) is 0 Å². The Morgan fingerprint density at radius 1 is 0.413 bits per heavy atom. The van der Waals surface area contributed by atoms with Gasteiger partial charge in [0.05, 0.1) is 70.5 Å². The minimum Gasteiger partial charge on any atom is -0.477 e. The lowest BCUT2D eigenvalue weighted by Gasteiger charge is -2.51. The summed E-state index contributed by atoms with van der Waals surface area (Å²) in [6, 6.07) is -4.71. The fraction of sp³-hybridized carbons (Fsp3) is 0.931. The summed E-state index contributed by atoms with van der Waals surface area (Å²) in [5.41, 5.74) is 0. The first kappa shape index (κ1) is 111. The van der Waals surface area contributed by atoms with Crippen LogP contribution in [0.25, 0.3) is 0 Å². The molecular formula is C87H157N3O36. The number of aliphatic carboxylic acids is 1. The number of carboxylic acid groups (broad SMARTS) is 1. The molecule has 736 valence electrons. The molecule has 6 aliphatic rings. The summed E-state index contributed by atoms with van der Waals surface area (Å²) in [4.78, 5) is 51.9. The number of allylic oxidation sites excluding steroid dienone is 1. The standard InChI is InChI=1S/C87H157N3O36/c1-5-7-9-11-13-15-17-19-20-21-22-23-24-25-26-27-28-30-32-34-36-38-40-42-62(102)90-53(54(99)41-39-37-35-33-31-29-18-16-14-12-10-8-6-2)50-115-82-71(109)70(108)76(61(49-96)120-82)122-83-73(111)79(67(105)58(46-93)116-83)124-84-72(110)78(66(104)57(45-92)117-84)123-81-64(89-52(4)98)69(107)75(60(48-95)119-81)121-85-74(112)80(68(106)59(47-94)118-85)126-87(86(113)114)43-55(100)63(88-51(3)97)77(125-87)65(103)56(101)44-91/h39,41,53-61,63-85,91-96,99-101,103-112H,5-38,40,42-50H2,1-4H3,(H,88,97)(H,89,98)(H,90,102)(H,113,114)/b41-39+/t53-,54+,55?,56+,57?,58?,59?,60?,61?,63+,64?,65+,66-,67-,68-,69+,70+,71?,72?,73?,74?,75+,76+,77?,78-,79-,80-,81-,82+,83-,84+,85-,87-/m0/s1. The van der Waals surface area contributed by atoms with Crippen LogP contribution in [0.5, 0.6) is 0 Å². The smallest absolute Gasteiger partial charge is 0.364 e. The Hall–Kier alpha value is -3.62. The molecule has 23 N–H and O–H groups in total. The molecule has 0 aromatic heterocycles. The molecule has 3 amide bonds. The zero-order chi connectivity index (χ0) is 92.4. The zero-order valence-corrected chi connectivity index (χ0v) is 74.2. The van der Waals surface area contributed by atoms with Gasteiger partial charge in [-0.25, -0.2) is 4.79 Å². The lowest BCUT2D eigenvalue weighted by molar-refractivity contribution is -0.394. The fourth-order valence-electron chi connectivity index (χ4n) is 17.2. The summed E-state index contributed by atoms with van der Waals surface area (Å²) in [7, 11) is 0. The third-order valence-electron chi connectivity index (χ3n) is 24.7. The minimum absolute atomic E-state index is 0.162. The van der Waals surface area contributed by atoms with Gasteiger partial charge >= 0.3 is 5.97 Å². The van der Waals surface area contributed by atoms with E-state index < -0.39 is 272 Å². The molecule has 39 heteroatoms. The van der Waals surface area contributed by atoms with Gasteiger partial charge in [0.2, 0.25) is 17.7 Å². The van der Waals surface area contributed by atoms with E-state index in [4.69, 9.17) is 56.8 Å². The first-order valence-corrected chi connectivity index (χ1v) is 46.6. The summed E-state index contributed by atoms with van der Waals surface area (Å²) in [5.74, 6) is -7.44. The van der Waals surface area contributed by atoms with Crippen molar-refractivity contribution in [3.8, 4) is 0 Å². The van der Waals surface area contributed by atoms with Gasteiger partial charge in [-0.05, 0) is 19.3 Å². The highest BCUT2D eigenvalue weighted by atomic mass is 16.8. The van der Waals surface area contributed by atoms with E-state index in [9.17, 15) is 121 Å². The molecule has 6 heterocycles. The predicted octanol–water partition coefficient (Wildman–Crippen LogP) is -0.0974. The van der Waals surface area contributed by atoms with Gasteiger partial charge in [0.15, 0.2) is 31.5 Å². The van der Waals surface area contributed by atoms with Crippen LogP contribution in [0.1, 0.15) is 265 Å². The number of hydrogen-bond donors (Lipinski definition) is 23. The molecule has 126 heavy (non-hydrogen) atoms. The first-order valence-electron chi connectivity index (χ1n) is 46.6. The number of aliphatic hydroxyl groups excluding tert-OH is 19. The van der Waals surface area contributed by atoms with Gasteiger partial charge in [-0.3, -0.25) is 14.4 Å². The van der Waals surface area contributed by atoms with Gasteiger partial charge < -0.3 is 175 Å². The molecule has 39 nitrogen and oxygen atoms in total. The maximum atomic E-state index is 13.6. The average molecular weight is 1820 g/mol. The molecule has 0 radical (unpaired) electrons. The van der Waals surface area contributed by atoms with E-state index in [1.807, 2.05) is 6.08 Å². The highest BCUT2D eigenvalue weighted by Crippen LogP contribution is 2.41. The summed E-state index contributed by atoms with van der Waals surface area (Å²) >= 11 is 0. The van der Waals surface area contributed by atoms with Crippen molar-refractivity contribution in [3.05, 3.63) is 12.2 Å². The average Bonchev–Trinajstić information content (AvgIpc) is 0.751.